The van der Waals surface area contributed by atoms with E-state index in [-0.39, 0.29) is 5.84 Å². The van der Waals surface area contributed by atoms with Crippen molar-refractivity contribution in [1.82, 2.24) is 0 Å². The van der Waals surface area contributed by atoms with E-state index in [0.717, 1.165) is 11.1 Å². The molecular weight excluding hydrogens is 739 g/mol. The first kappa shape index (κ1) is 37.7. The summed E-state index contributed by atoms with van der Waals surface area (Å²) in [5.74, 6) is 0.121. The average Bonchev–Trinajstić information content (AvgIpc) is 3.80. The van der Waals surface area contributed by atoms with E-state index < -0.39 is 5.41 Å². The first-order chi connectivity index (χ1) is 30.0. The highest BCUT2D eigenvalue weighted by atomic mass is 14.7. The molecule has 2 aliphatic rings. The molecular formula is C58H45N3. The third kappa shape index (κ3) is 6.13. The van der Waals surface area contributed by atoms with E-state index in [2.05, 4.69) is 171 Å². The lowest BCUT2D eigenvalue weighted by molar-refractivity contribution is 0.809. The quantitative estimate of drug-likeness (QED) is 0.0948. The Morgan fingerprint density at radius 3 is 1.49 bits per heavy atom. The van der Waals surface area contributed by atoms with Crippen LogP contribution >= 0.6 is 0 Å². The van der Waals surface area contributed by atoms with Crippen LogP contribution in [0.4, 0.5) is 0 Å². The van der Waals surface area contributed by atoms with Gasteiger partial charge in [-0.15, -0.1) is 0 Å². The summed E-state index contributed by atoms with van der Waals surface area (Å²) in [7, 11) is 0. The van der Waals surface area contributed by atoms with E-state index in [1.807, 2.05) is 48.5 Å². The number of benzene rings is 10. The van der Waals surface area contributed by atoms with Gasteiger partial charge in [0.05, 0.1) is 5.41 Å². The number of fused-ring (bicyclic) bond motifs is 17. The van der Waals surface area contributed by atoms with Gasteiger partial charge in [-0.2, -0.15) is 0 Å². The minimum Gasteiger partial charge on any atom is -0.384 e. The van der Waals surface area contributed by atoms with Gasteiger partial charge in [-0.25, -0.2) is 0 Å². The Morgan fingerprint density at radius 2 is 0.934 bits per heavy atom. The molecule has 5 N–H and O–H groups in total. The molecule has 0 atom stereocenters. The number of amidine groups is 1. The Morgan fingerprint density at radius 1 is 0.443 bits per heavy atom. The molecule has 0 bridgehead atoms. The van der Waals surface area contributed by atoms with Crippen molar-refractivity contribution in [2.45, 2.75) is 18.9 Å². The largest absolute Gasteiger partial charge is 0.384 e. The molecule has 0 unspecified atom stereocenters. The van der Waals surface area contributed by atoms with Gasteiger partial charge in [0, 0.05) is 12.1 Å². The van der Waals surface area contributed by atoms with E-state index in [4.69, 9.17) is 16.9 Å². The van der Waals surface area contributed by atoms with Gasteiger partial charge in [0.1, 0.15) is 5.84 Å². The Hall–Kier alpha value is -7.59. The van der Waals surface area contributed by atoms with Crippen molar-refractivity contribution in [2.75, 3.05) is 0 Å². The summed E-state index contributed by atoms with van der Waals surface area (Å²) in [5.41, 5.74) is 27.5. The lowest BCUT2D eigenvalue weighted by Crippen LogP contribution is -2.26. The molecule has 0 aliphatic heterocycles. The van der Waals surface area contributed by atoms with E-state index >= 15 is 0 Å². The zero-order valence-electron chi connectivity index (χ0n) is 34.1. The van der Waals surface area contributed by atoms with Gasteiger partial charge in [-0.05, 0) is 113 Å². The molecule has 0 heterocycles. The van der Waals surface area contributed by atoms with Gasteiger partial charge in [0.2, 0.25) is 0 Å². The van der Waals surface area contributed by atoms with Crippen molar-refractivity contribution >= 4 is 38.2 Å². The lowest BCUT2D eigenvalue weighted by atomic mass is 9.68. The molecule has 292 valence electrons. The van der Waals surface area contributed by atoms with Crippen LogP contribution in [0, 0.1) is 12.3 Å². The first-order valence-corrected chi connectivity index (χ1v) is 20.9. The molecule has 0 radical (unpaired) electrons. The molecule has 10 aromatic carbocycles. The van der Waals surface area contributed by atoms with Gasteiger partial charge < -0.3 is 11.5 Å². The predicted octanol–water partition coefficient (Wildman–Crippen LogP) is 13.6. The standard InChI is InChI=1S/C44H29N.C7H8N2.C7H8/c45-26-27-12-11-13-28(24-27)37-25-38-41-34-19-4-1-14-29(34)30-15-2-6-21-36(30)43(41)44(42(38)35-20-5-3-16-31(35)37)39-22-9-7-17-32(39)33-18-8-10-23-40(33)44;8-7(9)6-4-2-1-3-5-6;1-7-5-3-2-4-6-7/h1-25H,26,45H2;1-5H,(H3,8,9);2-6H,1H3. The number of hydrogen-bond acceptors (Lipinski definition) is 2. The topological polar surface area (TPSA) is 75.9 Å². The lowest BCUT2D eigenvalue weighted by Gasteiger charge is -2.33. The maximum Gasteiger partial charge on any atom is 0.122 e. The fraction of sp³-hybridized carbons (Fsp3) is 0.0517. The second kappa shape index (κ2) is 15.5. The van der Waals surface area contributed by atoms with Crippen LogP contribution in [-0.2, 0) is 12.0 Å². The van der Waals surface area contributed by atoms with Crippen LogP contribution in [0.15, 0.2) is 212 Å². The normalized spacial score (nSPS) is 12.4. The maximum atomic E-state index is 7.01. The Bertz CT molecular complexity index is 3230. The highest BCUT2D eigenvalue weighted by Gasteiger charge is 2.54. The summed E-state index contributed by atoms with van der Waals surface area (Å²) in [6.45, 7) is 2.60. The number of nitrogens with one attached hydrogen (secondary N) is 1. The van der Waals surface area contributed by atoms with Gasteiger partial charge in [0.15, 0.2) is 0 Å². The highest BCUT2D eigenvalue weighted by Crippen LogP contribution is 2.67. The molecule has 0 amide bonds. The molecule has 61 heavy (non-hydrogen) atoms. The number of nitrogens with two attached hydrogens (primary N) is 2. The summed E-state index contributed by atoms with van der Waals surface area (Å²) in [6, 6.07) is 76.1. The van der Waals surface area contributed by atoms with Crippen molar-refractivity contribution in [2.24, 2.45) is 11.5 Å². The van der Waals surface area contributed by atoms with E-state index in [9.17, 15) is 0 Å². The molecule has 0 aromatic heterocycles. The molecule has 10 aromatic rings. The summed E-state index contributed by atoms with van der Waals surface area (Å²) < 4.78 is 0. The number of hydrogen-bond donors (Lipinski definition) is 3. The van der Waals surface area contributed by atoms with Crippen LogP contribution in [0.1, 0.15) is 38.9 Å². The van der Waals surface area contributed by atoms with Crippen LogP contribution in [0.2, 0.25) is 0 Å². The van der Waals surface area contributed by atoms with Crippen molar-refractivity contribution in [3.05, 3.63) is 251 Å². The Labute approximate surface area is 357 Å². The molecule has 3 heteroatoms. The molecule has 3 nitrogen and oxygen atoms in total. The van der Waals surface area contributed by atoms with Crippen molar-refractivity contribution < 1.29 is 0 Å². The number of nitrogen functional groups attached to an aromatic ring is 1. The highest BCUT2D eigenvalue weighted by molar-refractivity contribution is 6.22. The monoisotopic (exact) mass is 783 g/mol. The smallest absolute Gasteiger partial charge is 0.122 e. The van der Waals surface area contributed by atoms with Crippen molar-refractivity contribution in [3.63, 3.8) is 0 Å². The van der Waals surface area contributed by atoms with Crippen molar-refractivity contribution in [3.8, 4) is 33.4 Å². The molecule has 12 rings (SSSR count). The average molecular weight is 784 g/mol. The number of rotatable bonds is 3. The second-order valence-corrected chi connectivity index (χ2v) is 15.9. The van der Waals surface area contributed by atoms with E-state index in [1.165, 1.54) is 93.5 Å². The van der Waals surface area contributed by atoms with Crippen LogP contribution in [0.3, 0.4) is 0 Å². The van der Waals surface area contributed by atoms with Gasteiger partial charge in [0.25, 0.3) is 0 Å². The third-order valence-electron chi connectivity index (χ3n) is 12.4. The third-order valence-corrected chi connectivity index (χ3v) is 12.4. The predicted molar refractivity (Wildman–Crippen MR) is 257 cm³/mol. The van der Waals surface area contributed by atoms with Gasteiger partial charge in [-0.1, -0.05) is 206 Å². The number of aryl methyl sites for hydroxylation is 1. The molecule has 2 aliphatic carbocycles. The Kier molecular flexibility index (Phi) is 9.60. The van der Waals surface area contributed by atoms with Crippen LogP contribution < -0.4 is 11.5 Å². The fourth-order valence-electron chi connectivity index (χ4n) is 9.94. The van der Waals surface area contributed by atoms with Crippen LogP contribution in [0.25, 0.3) is 65.7 Å². The first-order valence-electron chi connectivity index (χ1n) is 20.9. The molecule has 0 saturated heterocycles. The zero-order chi connectivity index (χ0) is 41.5. The van der Waals surface area contributed by atoms with Gasteiger partial charge >= 0.3 is 0 Å². The zero-order valence-corrected chi connectivity index (χ0v) is 34.1. The minimum absolute atomic E-state index is 0.121. The molecule has 0 saturated carbocycles. The van der Waals surface area contributed by atoms with Crippen molar-refractivity contribution in [1.29, 1.82) is 5.41 Å². The maximum absolute atomic E-state index is 7.01. The SMILES string of the molecule is Cc1ccccc1.N=C(N)c1ccccc1.NCc1cccc(-c2cc3c(c4ccccc24)C2(c4ccccc4-c4ccccc42)c2c-3c3ccccc3c3ccccc23)c1. The van der Waals surface area contributed by atoms with Crippen LogP contribution in [-0.4, -0.2) is 5.84 Å². The fourth-order valence-corrected chi connectivity index (χ4v) is 9.94. The second-order valence-electron chi connectivity index (χ2n) is 15.9. The molecule has 0 fully saturated rings. The summed E-state index contributed by atoms with van der Waals surface area (Å²) >= 11 is 0. The summed E-state index contributed by atoms with van der Waals surface area (Å²) in [5, 5.41) is 14.8. The van der Waals surface area contributed by atoms with E-state index in [0.29, 0.717) is 6.54 Å². The summed E-state index contributed by atoms with van der Waals surface area (Å²) in [6.07, 6.45) is 0. The Balaban J connectivity index is 0.000000234. The van der Waals surface area contributed by atoms with E-state index in [1.54, 1.807) is 0 Å². The van der Waals surface area contributed by atoms with Gasteiger partial charge in [-0.3, -0.25) is 5.41 Å². The molecule has 1 spiro atoms. The summed E-state index contributed by atoms with van der Waals surface area (Å²) in [4.78, 5) is 0. The van der Waals surface area contributed by atoms with Crippen LogP contribution in [0.5, 0.6) is 0 Å². The minimum atomic E-state index is -0.460.